The van der Waals surface area contributed by atoms with Crippen molar-refractivity contribution in [3.05, 3.63) is 11.1 Å². The normalized spacial score (nSPS) is 48.8. The molecule has 0 aromatic carbocycles. The van der Waals surface area contributed by atoms with Crippen molar-refractivity contribution in [2.75, 3.05) is 11.5 Å². The van der Waals surface area contributed by atoms with Gasteiger partial charge in [-0.05, 0) is 120 Å². The van der Waals surface area contributed by atoms with Gasteiger partial charge in [-0.3, -0.25) is 4.79 Å². The van der Waals surface area contributed by atoms with Crippen LogP contribution in [0.3, 0.4) is 0 Å². The quantitative estimate of drug-likeness (QED) is 0.359. The third-order valence-electron chi connectivity index (χ3n) is 14.1. The van der Waals surface area contributed by atoms with Gasteiger partial charge >= 0.3 is 0 Å². The van der Waals surface area contributed by atoms with Crippen molar-refractivity contribution in [2.45, 2.75) is 129 Å². The molecule has 3 nitrogen and oxygen atoms in total. The Bertz CT molecular complexity index is 1050. The predicted molar refractivity (Wildman–Crippen MR) is 165 cm³/mol. The molecule has 0 aromatic rings. The first-order valence-corrected chi connectivity index (χ1v) is 18.2. The molecule has 4 saturated carbocycles. The van der Waals surface area contributed by atoms with E-state index in [9.17, 15) is 15.0 Å². The van der Waals surface area contributed by atoms with Gasteiger partial charge in [-0.15, -0.1) is 23.5 Å². The monoisotopic (exact) mass is 574 g/mol. The van der Waals surface area contributed by atoms with E-state index in [2.05, 4.69) is 48.5 Å². The van der Waals surface area contributed by atoms with E-state index in [0.29, 0.717) is 30.0 Å². The third kappa shape index (κ3) is 3.80. The molecule has 1 unspecified atom stereocenters. The topological polar surface area (TPSA) is 57.5 Å². The van der Waals surface area contributed by atoms with Gasteiger partial charge in [0.05, 0.1) is 16.8 Å². The van der Waals surface area contributed by atoms with Gasteiger partial charge in [0.15, 0.2) is 5.78 Å². The fourth-order valence-electron chi connectivity index (χ4n) is 12.0. The highest BCUT2D eigenvalue weighted by atomic mass is 32.2. The van der Waals surface area contributed by atoms with E-state index in [0.717, 1.165) is 49.2 Å². The first kappa shape index (κ1) is 29.1. The SMILES string of the molecule is CC(C)C1=C2[C@H]3CC[C@@H]4[C@@]5(C)CC[C@H](O)C(C)(C)[C@@H]5CC[C@@]4(C)[C@]3(C)CC[C@@]2(C(O)C2SCCCS2)CC1=O. The van der Waals surface area contributed by atoms with Crippen molar-refractivity contribution in [2.24, 2.45) is 50.7 Å². The van der Waals surface area contributed by atoms with E-state index < -0.39 is 6.10 Å². The lowest BCUT2D eigenvalue weighted by molar-refractivity contribution is -0.230. The Morgan fingerprint density at radius 1 is 0.846 bits per heavy atom. The molecular formula is C34H54O3S2. The summed E-state index contributed by atoms with van der Waals surface area (Å²) < 4.78 is 0.189. The Labute approximate surface area is 246 Å². The fraction of sp³-hybridized carbons (Fsp3) is 0.912. The maximum Gasteiger partial charge on any atom is 0.160 e. The number of hydrogen-bond donors (Lipinski definition) is 2. The first-order chi connectivity index (χ1) is 18.2. The number of ketones is 1. The van der Waals surface area contributed by atoms with Crippen LogP contribution < -0.4 is 0 Å². The number of carbonyl (C=O) groups excluding carboxylic acids is 1. The zero-order valence-electron chi connectivity index (χ0n) is 25.6. The Balaban J connectivity index is 1.43. The second kappa shape index (κ2) is 9.52. The summed E-state index contributed by atoms with van der Waals surface area (Å²) in [5.41, 5.74) is 2.74. The number of fused-ring (bicyclic) bond motifs is 7. The average molecular weight is 575 g/mol. The third-order valence-corrected chi connectivity index (χ3v) is 17.2. The number of Topliss-reactive ketones (excluding diaryl/α,β-unsaturated/α-hetero) is 1. The molecule has 1 aliphatic heterocycles. The molecule has 0 radical (unpaired) electrons. The van der Waals surface area contributed by atoms with Gasteiger partial charge in [0.2, 0.25) is 0 Å². The molecule has 2 N–H and O–H groups in total. The highest BCUT2D eigenvalue weighted by Crippen LogP contribution is 2.77. The maximum absolute atomic E-state index is 13.9. The second-order valence-corrected chi connectivity index (χ2v) is 18.9. The molecule has 5 aliphatic carbocycles. The van der Waals surface area contributed by atoms with Crippen LogP contribution >= 0.6 is 23.5 Å². The zero-order chi connectivity index (χ0) is 28.2. The van der Waals surface area contributed by atoms with E-state index >= 15 is 0 Å². The van der Waals surface area contributed by atoms with Crippen molar-refractivity contribution < 1.29 is 15.0 Å². The largest absolute Gasteiger partial charge is 0.393 e. The minimum Gasteiger partial charge on any atom is -0.393 e. The lowest BCUT2D eigenvalue weighted by Gasteiger charge is -2.72. The van der Waals surface area contributed by atoms with E-state index in [-0.39, 0.29) is 43.7 Å². The van der Waals surface area contributed by atoms with Crippen LogP contribution in [0.4, 0.5) is 0 Å². The smallest absolute Gasteiger partial charge is 0.160 e. The summed E-state index contributed by atoms with van der Waals surface area (Å²) in [5.74, 6) is 4.41. The van der Waals surface area contributed by atoms with Crippen molar-refractivity contribution in [1.29, 1.82) is 0 Å². The number of aliphatic hydroxyl groups is 2. The van der Waals surface area contributed by atoms with Crippen LogP contribution in [0.2, 0.25) is 0 Å². The molecule has 0 amide bonds. The van der Waals surface area contributed by atoms with E-state index in [1.807, 2.05) is 23.5 Å². The highest BCUT2D eigenvalue weighted by Gasteiger charge is 2.70. The summed E-state index contributed by atoms with van der Waals surface area (Å²) in [6.07, 6.45) is 10.1. The number of allylic oxidation sites excluding steroid dienone is 1. The van der Waals surface area contributed by atoms with Crippen LogP contribution in [0, 0.1) is 50.7 Å². The number of hydrogen-bond acceptors (Lipinski definition) is 5. The lowest BCUT2D eigenvalue weighted by atomic mass is 9.33. The van der Waals surface area contributed by atoms with Gasteiger partial charge in [-0.2, -0.15) is 0 Å². The van der Waals surface area contributed by atoms with Crippen LogP contribution in [-0.2, 0) is 4.79 Å². The Kier molecular flexibility index (Phi) is 7.10. The lowest BCUT2D eigenvalue weighted by Crippen LogP contribution is -2.66. The van der Waals surface area contributed by atoms with Gasteiger partial charge in [0, 0.05) is 11.8 Å². The van der Waals surface area contributed by atoms with Crippen LogP contribution in [0.5, 0.6) is 0 Å². The molecule has 39 heavy (non-hydrogen) atoms. The number of rotatable bonds is 3. The number of aliphatic hydroxyl groups excluding tert-OH is 2. The summed E-state index contributed by atoms with van der Waals surface area (Å²) in [4.78, 5) is 13.9. The summed E-state index contributed by atoms with van der Waals surface area (Å²) >= 11 is 3.87. The van der Waals surface area contributed by atoms with E-state index in [4.69, 9.17) is 0 Å². The molecule has 1 saturated heterocycles. The van der Waals surface area contributed by atoms with Crippen molar-refractivity contribution in [1.82, 2.24) is 0 Å². The minimum atomic E-state index is -0.438. The number of carbonyl (C=O) groups is 1. The predicted octanol–water partition coefficient (Wildman–Crippen LogP) is 7.89. The molecule has 6 aliphatic rings. The Morgan fingerprint density at radius 3 is 2.21 bits per heavy atom. The summed E-state index contributed by atoms with van der Waals surface area (Å²) in [7, 11) is 0. The van der Waals surface area contributed by atoms with E-state index in [1.165, 1.54) is 31.3 Å². The molecule has 220 valence electrons. The Morgan fingerprint density at radius 2 is 1.54 bits per heavy atom. The standard InChI is InChI=1S/C34H54O3S2/c1-20(2)26-22(35)19-34(28(37)29-38-17-8-18-39-29)16-15-32(6)21(27(26)34)9-10-24-31(5)13-12-25(36)30(3,4)23(31)11-14-33(24,32)7/h20-21,23-25,28-29,36-37H,8-19H2,1-7H3/t21-,23+,24-,25+,28?,31+,32-,33-,34-/m1/s1. The molecular weight excluding hydrogens is 521 g/mol. The highest BCUT2D eigenvalue weighted by molar-refractivity contribution is 8.17. The van der Waals surface area contributed by atoms with Crippen LogP contribution in [0.25, 0.3) is 0 Å². The molecule has 6 rings (SSSR count). The molecule has 0 aromatic heterocycles. The molecule has 9 atom stereocenters. The van der Waals surface area contributed by atoms with Crippen molar-refractivity contribution in [3.8, 4) is 0 Å². The van der Waals surface area contributed by atoms with Crippen LogP contribution in [0.1, 0.15) is 113 Å². The van der Waals surface area contributed by atoms with Crippen molar-refractivity contribution in [3.63, 3.8) is 0 Å². The molecule has 0 bridgehead atoms. The second-order valence-electron chi connectivity index (χ2n) is 16.1. The van der Waals surface area contributed by atoms with Gasteiger partial charge in [0.1, 0.15) is 0 Å². The Hall–Kier alpha value is 0.0300. The van der Waals surface area contributed by atoms with Crippen molar-refractivity contribution >= 4 is 29.3 Å². The van der Waals surface area contributed by atoms with Crippen LogP contribution in [-0.4, -0.2) is 44.3 Å². The van der Waals surface area contributed by atoms with Gasteiger partial charge in [-0.25, -0.2) is 0 Å². The summed E-state index contributed by atoms with van der Waals surface area (Å²) in [6.45, 7) is 16.9. The maximum atomic E-state index is 13.9. The molecule has 5 heteroatoms. The fourth-order valence-corrected chi connectivity index (χ4v) is 15.1. The van der Waals surface area contributed by atoms with Gasteiger partial charge < -0.3 is 10.2 Å². The summed E-state index contributed by atoms with van der Waals surface area (Å²) in [5, 5.41) is 23.2. The minimum absolute atomic E-state index is 0.0293. The molecule has 1 heterocycles. The van der Waals surface area contributed by atoms with Gasteiger partial charge in [-0.1, -0.05) is 54.0 Å². The average Bonchev–Trinajstić information content (AvgIpc) is 3.20. The van der Waals surface area contributed by atoms with E-state index in [1.54, 1.807) is 0 Å². The number of thioether (sulfide) groups is 2. The summed E-state index contributed by atoms with van der Waals surface area (Å²) in [6, 6.07) is 0. The van der Waals surface area contributed by atoms with Gasteiger partial charge in [0.25, 0.3) is 0 Å². The zero-order valence-corrected chi connectivity index (χ0v) is 27.3. The molecule has 0 spiro atoms. The first-order valence-electron chi connectivity index (χ1n) is 16.1. The molecule has 5 fully saturated rings. The van der Waals surface area contributed by atoms with Crippen LogP contribution in [0.15, 0.2) is 11.1 Å².